The molecule has 0 bridgehead atoms. The van der Waals surface area contributed by atoms with Crippen LogP contribution in [-0.2, 0) is 9.53 Å². The van der Waals surface area contributed by atoms with Crippen molar-refractivity contribution < 1.29 is 24.2 Å². The number of esters is 1. The third-order valence-electron chi connectivity index (χ3n) is 5.27. The van der Waals surface area contributed by atoms with E-state index in [0.717, 1.165) is 22.5 Å². The normalized spacial score (nSPS) is 20.0. The molecule has 0 aliphatic carbocycles. The number of benzene rings is 2. The average Bonchev–Trinajstić information content (AvgIpc) is 3.17. The molecule has 0 saturated heterocycles. The number of nitrogens with one attached hydrogen (secondary N) is 1. The number of ether oxygens (including phenoxy) is 2. The Hall–Kier alpha value is -3.04. The monoisotopic (exact) mass is 457 g/mol. The third-order valence-corrected chi connectivity index (χ3v) is 7.75. The Kier molecular flexibility index (Phi) is 5.88. The number of thioether (sulfide) groups is 1. The zero-order valence-corrected chi connectivity index (χ0v) is 18.3. The number of carboxylic acids is 1. The van der Waals surface area contributed by atoms with Crippen LogP contribution in [0.5, 0.6) is 5.75 Å². The second kappa shape index (κ2) is 8.60. The van der Waals surface area contributed by atoms with Crippen molar-refractivity contribution >= 4 is 35.0 Å². The molecule has 31 heavy (non-hydrogen) atoms. The molecule has 7 nitrogen and oxygen atoms in total. The number of methoxy groups -OCH3 is 2. The van der Waals surface area contributed by atoms with E-state index in [4.69, 9.17) is 9.47 Å². The first kappa shape index (κ1) is 21.2. The number of rotatable bonds is 5. The summed E-state index contributed by atoms with van der Waals surface area (Å²) in [5.41, 5.74) is 1.92. The third kappa shape index (κ3) is 3.98. The van der Waals surface area contributed by atoms with Gasteiger partial charge in [-0.1, -0.05) is 47.4 Å². The summed E-state index contributed by atoms with van der Waals surface area (Å²) in [5, 5.41) is 10.5. The summed E-state index contributed by atoms with van der Waals surface area (Å²) < 4.78 is 9.96. The zero-order chi connectivity index (χ0) is 22.1. The van der Waals surface area contributed by atoms with Gasteiger partial charge in [-0.2, -0.15) is 0 Å². The Labute approximate surface area is 186 Å². The molecule has 2 N–H and O–H groups in total. The maximum absolute atomic E-state index is 12.5. The van der Waals surface area contributed by atoms with Gasteiger partial charge >= 0.3 is 16.8 Å². The minimum atomic E-state index is -0.957. The van der Waals surface area contributed by atoms with Gasteiger partial charge in [-0.15, -0.1) is 0 Å². The van der Waals surface area contributed by atoms with Gasteiger partial charge in [0.2, 0.25) is 0 Å². The van der Waals surface area contributed by atoms with Gasteiger partial charge in [-0.25, -0.2) is 4.79 Å². The highest BCUT2D eigenvalue weighted by molar-refractivity contribution is 7.99. The summed E-state index contributed by atoms with van der Waals surface area (Å²) in [6.45, 7) is 0. The lowest BCUT2D eigenvalue weighted by Crippen LogP contribution is -2.30. The molecule has 3 atom stereocenters. The number of thiazole rings is 1. The highest BCUT2D eigenvalue weighted by Crippen LogP contribution is 2.55. The number of aliphatic carboxylic acids is 1. The molecule has 4 rings (SSSR count). The fourth-order valence-corrected chi connectivity index (χ4v) is 6.40. The van der Waals surface area contributed by atoms with Crippen LogP contribution in [-0.4, -0.2) is 36.2 Å². The van der Waals surface area contributed by atoms with Crippen LogP contribution in [0.1, 0.15) is 37.5 Å². The fourth-order valence-electron chi connectivity index (χ4n) is 3.80. The predicted molar refractivity (Wildman–Crippen MR) is 117 cm³/mol. The molecule has 0 spiro atoms. The van der Waals surface area contributed by atoms with Crippen molar-refractivity contribution in [3.63, 3.8) is 0 Å². The molecule has 160 valence electrons. The number of aromatic amines is 1. The number of carboxylic acid groups (broad SMARTS) is 1. The number of carbonyl (C=O) groups is 2. The van der Waals surface area contributed by atoms with E-state index in [1.54, 1.807) is 43.5 Å². The van der Waals surface area contributed by atoms with Crippen molar-refractivity contribution in [2.24, 2.45) is 5.92 Å². The van der Waals surface area contributed by atoms with E-state index < -0.39 is 29.0 Å². The number of aromatic nitrogens is 1. The summed E-state index contributed by atoms with van der Waals surface area (Å²) in [5.74, 6) is -2.11. The van der Waals surface area contributed by atoms with Crippen LogP contribution in [0, 0.1) is 5.92 Å². The molecule has 2 heterocycles. The van der Waals surface area contributed by atoms with E-state index in [0.29, 0.717) is 21.2 Å². The molecule has 0 amide bonds. The van der Waals surface area contributed by atoms with Crippen molar-refractivity contribution in [2.75, 3.05) is 14.2 Å². The van der Waals surface area contributed by atoms with Crippen LogP contribution in [0.15, 0.2) is 58.4 Å². The summed E-state index contributed by atoms with van der Waals surface area (Å²) in [6.07, 6.45) is 0. The molecule has 9 heteroatoms. The maximum Gasteiger partial charge on any atom is 0.337 e. The molecule has 1 aliphatic heterocycles. The Bertz CT molecular complexity index is 1170. The highest BCUT2D eigenvalue weighted by atomic mass is 32.2. The lowest BCUT2D eigenvalue weighted by atomic mass is 9.80. The first-order valence-corrected chi connectivity index (χ1v) is 11.1. The molecular weight excluding hydrogens is 438 g/mol. The summed E-state index contributed by atoms with van der Waals surface area (Å²) in [7, 11) is 2.87. The maximum atomic E-state index is 12.5. The minimum Gasteiger partial charge on any atom is -0.497 e. The molecular formula is C22H19NO6S2. The zero-order valence-electron chi connectivity index (χ0n) is 16.7. The molecule has 1 aliphatic rings. The van der Waals surface area contributed by atoms with Gasteiger partial charge in [0, 0.05) is 10.8 Å². The van der Waals surface area contributed by atoms with E-state index in [1.165, 1.54) is 18.9 Å². The quantitative estimate of drug-likeness (QED) is 0.560. The largest absolute Gasteiger partial charge is 0.497 e. The van der Waals surface area contributed by atoms with E-state index >= 15 is 0 Å². The van der Waals surface area contributed by atoms with E-state index in [2.05, 4.69) is 4.98 Å². The van der Waals surface area contributed by atoms with E-state index in [9.17, 15) is 19.5 Å². The van der Waals surface area contributed by atoms with Gasteiger partial charge in [-0.3, -0.25) is 9.59 Å². The van der Waals surface area contributed by atoms with Gasteiger partial charge in [0.25, 0.3) is 0 Å². The molecule has 0 saturated carbocycles. The lowest BCUT2D eigenvalue weighted by molar-refractivity contribution is -0.142. The molecule has 3 aromatic rings. The smallest absolute Gasteiger partial charge is 0.337 e. The summed E-state index contributed by atoms with van der Waals surface area (Å²) >= 11 is 2.38. The molecule has 0 fully saturated rings. The molecule has 1 aromatic heterocycles. The predicted octanol–water partition coefficient (Wildman–Crippen LogP) is 3.91. The Morgan fingerprint density at radius 2 is 1.65 bits per heavy atom. The van der Waals surface area contributed by atoms with Crippen molar-refractivity contribution in [3.05, 3.63) is 79.8 Å². The van der Waals surface area contributed by atoms with Crippen molar-refractivity contribution in [2.45, 2.75) is 16.2 Å². The van der Waals surface area contributed by atoms with Crippen molar-refractivity contribution in [3.8, 4) is 5.75 Å². The molecule has 2 aromatic carbocycles. The SMILES string of the molecule is COC(=O)c1ccc(C2c3sc(=O)[nH]c3SC(c3ccc(OC)cc3)C2C(=O)O)cc1. The molecule has 0 radical (unpaired) electrons. The van der Waals surface area contributed by atoms with Gasteiger partial charge in [0.05, 0.1) is 36.0 Å². The van der Waals surface area contributed by atoms with Crippen LogP contribution in [0.25, 0.3) is 0 Å². The lowest BCUT2D eigenvalue weighted by Gasteiger charge is -2.35. The van der Waals surface area contributed by atoms with Gasteiger partial charge in [-0.05, 0) is 35.4 Å². The van der Waals surface area contributed by atoms with E-state index in [-0.39, 0.29) is 4.87 Å². The summed E-state index contributed by atoms with van der Waals surface area (Å²) in [4.78, 5) is 39.7. The number of carbonyl (C=O) groups excluding carboxylic acids is 1. The number of hydrogen-bond acceptors (Lipinski definition) is 7. The van der Waals surface area contributed by atoms with Crippen molar-refractivity contribution in [1.82, 2.24) is 4.98 Å². The Morgan fingerprint density at radius 3 is 2.23 bits per heavy atom. The van der Waals surface area contributed by atoms with Crippen LogP contribution in [0.3, 0.4) is 0 Å². The van der Waals surface area contributed by atoms with Crippen LogP contribution in [0.2, 0.25) is 0 Å². The Morgan fingerprint density at radius 1 is 1.00 bits per heavy atom. The number of fused-ring (bicyclic) bond motifs is 1. The second-order valence-corrected chi connectivity index (χ2v) is 9.14. The summed E-state index contributed by atoms with van der Waals surface area (Å²) in [6, 6.07) is 13.9. The van der Waals surface area contributed by atoms with Gasteiger partial charge < -0.3 is 19.6 Å². The topological polar surface area (TPSA) is 106 Å². The second-order valence-electron chi connectivity index (χ2n) is 6.97. The van der Waals surface area contributed by atoms with Gasteiger partial charge in [0.15, 0.2) is 0 Å². The van der Waals surface area contributed by atoms with Crippen LogP contribution in [0.4, 0.5) is 0 Å². The first-order valence-electron chi connectivity index (χ1n) is 9.37. The van der Waals surface area contributed by atoms with E-state index in [1.807, 2.05) is 12.1 Å². The number of hydrogen-bond donors (Lipinski definition) is 2. The first-order chi connectivity index (χ1) is 14.9. The van der Waals surface area contributed by atoms with Crippen molar-refractivity contribution in [1.29, 1.82) is 0 Å². The minimum absolute atomic E-state index is 0.229. The Balaban J connectivity index is 1.83. The molecule has 3 unspecified atom stereocenters. The van der Waals surface area contributed by atoms with Gasteiger partial charge in [0.1, 0.15) is 5.75 Å². The van der Waals surface area contributed by atoms with Crippen LogP contribution < -0.4 is 9.61 Å². The standard InChI is InChI=1S/C22H19NO6S2/c1-28-14-9-7-12(8-10-14)17-16(20(24)25)15(18-19(30-17)23-22(27)31-18)11-3-5-13(6-4-11)21(26)29-2/h3-10,15-17H,1-2H3,(H,23,27)(H,24,25). The highest BCUT2D eigenvalue weighted by Gasteiger charge is 2.45. The average molecular weight is 458 g/mol. The van der Waals surface area contributed by atoms with Crippen LogP contribution >= 0.6 is 23.1 Å². The fraction of sp³-hybridized carbons (Fsp3) is 0.227. The number of H-pyrrole nitrogens is 1.